The Morgan fingerprint density at radius 1 is 1.44 bits per heavy atom. The fourth-order valence-electron chi connectivity index (χ4n) is 2.77. The van der Waals surface area contributed by atoms with E-state index in [0.29, 0.717) is 5.92 Å². The third kappa shape index (κ3) is 2.29. The van der Waals surface area contributed by atoms with Gasteiger partial charge in [-0.3, -0.25) is 4.79 Å². The molecule has 2 N–H and O–H groups in total. The molecule has 1 saturated heterocycles. The minimum absolute atomic E-state index is 0.0501. The van der Waals surface area contributed by atoms with E-state index in [-0.39, 0.29) is 11.9 Å². The fourth-order valence-corrected chi connectivity index (χ4v) is 3.83. The van der Waals surface area contributed by atoms with Crippen LogP contribution in [-0.4, -0.2) is 23.5 Å². The van der Waals surface area contributed by atoms with Crippen molar-refractivity contribution < 1.29 is 4.79 Å². The summed E-state index contributed by atoms with van der Waals surface area (Å²) in [6, 6.07) is -0.0501. The third-order valence-electron chi connectivity index (χ3n) is 3.89. The lowest BCUT2D eigenvalue weighted by molar-refractivity contribution is -0.118. The smallest absolute Gasteiger partial charge is 0.243 e. The van der Waals surface area contributed by atoms with Gasteiger partial charge >= 0.3 is 0 Å². The summed E-state index contributed by atoms with van der Waals surface area (Å²) in [6.07, 6.45) is 5.75. The maximum atomic E-state index is 12.1. The van der Waals surface area contributed by atoms with Crippen molar-refractivity contribution in [3.63, 3.8) is 0 Å². The molecule has 1 aromatic heterocycles. The van der Waals surface area contributed by atoms with Crippen LogP contribution in [0.25, 0.3) is 0 Å². The van der Waals surface area contributed by atoms with Crippen molar-refractivity contribution in [3.05, 3.63) is 10.6 Å². The second-order valence-electron chi connectivity index (χ2n) is 5.28. The Balaban J connectivity index is 1.68. The van der Waals surface area contributed by atoms with Crippen LogP contribution in [0.15, 0.2) is 0 Å². The molecule has 1 aromatic rings. The highest BCUT2D eigenvalue weighted by Gasteiger charge is 2.30. The molecule has 2 atom stereocenters. The maximum Gasteiger partial charge on any atom is 0.243 e. The van der Waals surface area contributed by atoms with E-state index in [1.807, 2.05) is 0 Å². The highest BCUT2D eigenvalue weighted by Crippen LogP contribution is 2.29. The van der Waals surface area contributed by atoms with Crippen molar-refractivity contribution in [1.82, 2.24) is 10.3 Å². The van der Waals surface area contributed by atoms with Gasteiger partial charge in [0.25, 0.3) is 0 Å². The van der Waals surface area contributed by atoms with Crippen molar-refractivity contribution in [2.75, 3.05) is 11.9 Å². The topological polar surface area (TPSA) is 54.0 Å². The molecule has 5 heteroatoms. The maximum absolute atomic E-state index is 12.1. The summed E-state index contributed by atoms with van der Waals surface area (Å²) < 4.78 is 0. The van der Waals surface area contributed by atoms with Gasteiger partial charge in [-0.15, -0.1) is 11.3 Å². The van der Waals surface area contributed by atoms with Gasteiger partial charge in [0.2, 0.25) is 5.91 Å². The Kier molecular flexibility index (Phi) is 3.35. The van der Waals surface area contributed by atoms with Gasteiger partial charge in [0.1, 0.15) is 0 Å². The molecule has 18 heavy (non-hydrogen) atoms. The molecule has 1 amide bonds. The zero-order valence-electron chi connectivity index (χ0n) is 10.7. The quantitative estimate of drug-likeness (QED) is 0.859. The molecule has 98 valence electrons. The summed E-state index contributed by atoms with van der Waals surface area (Å²) >= 11 is 1.65. The average molecular weight is 265 g/mol. The first-order valence-corrected chi connectivity index (χ1v) is 7.58. The van der Waals surface area contributed by atoms with Gasteiger partial charge < -0.3 is 10.6 Å². The van der Waals surface area contributed by atoms with Gasteiger partial charge in [-0.2, -0.15) is 0 Å². The molecule has 2 unspecified atom stereocenters. The van der Waals surface area contributed by atoms with Crippen molar-refractivity contribution in [2.24, 2.45) is 5.92 Å². The van der Waals surface area contributed by atoms with Crippen LogP contribution >= 0.6 is 11.3 Å². The van der Waals surface area contributed by atoms with E-state index in [4.69, 9.17) is 0 Å². The number of aromatic nitrogens is 1. The molecule has 3 rings (SSSR count). The molecule has 1 aliphatic carbocycles. The summed E-state index contributed by atoms with van der Waals surface area (Å²) in [6.45, 7) is 3.06. The first-order chi connectivity index (χ1) is 8.74. The zero-order valence-corrected chi connectivity index (χ0v) is 11.5. The number of fused-ring (bicyclic) bond motifs is 1. The molecule has 0 saturated carbocycles. The number of aryl methyl sites for hydroxylation is 2. The minimum Gasteiger partial charge on any atom is -0.306 e. The van der Waals surface area contributed by atoms with Gasteiger partial charge in [0.05, 0.1) is 11.7 Å². The van der Waals surface area contributed by atoms with E-state index in [1.54, 1.807) is 11.3 Å². The zero-order chi connectivity index (χ0) is 12.5. The molecule has 0 radical (unpaired) electrons. The SMILES string of the molecule is CC1CCNC1C(=O)Nc1nc2c(s1)CCCC2. The van der Waals surface area contributed by atoms with E-state index in [9.17, 15) is 4.79 Å². The first-order valence-electron chi connectivity index (χ1n) is 6.77. The van der Waals surface area contributed by atoms with E-state index in [0.717, 1.165) is 30.9 Å². The van der Waals surface area contributed by atoms with Crippen molar-refractivity contribution in [1.29, 1.82) is 0 Å². The van der Waals surface area contributed by atoms with Crippen molar-refractivity contribution in [3.8, 4) is 0 Å². The summed E-state index contributed by atoms with van der Waals surface area (Å²) in [5, 5.41) is 7.02. The number of hydrogen-bond acceptors (Lipinski definition) is 4. The molecule has 0 aromatic carbocycles. The summed E-state index contributed by atoms with van der Waals surface area (Å²) in [5.41, 5.74) is 1.20. The number of rotatable bonds is 2. The van der Waals surface area contributed by atoms with Crippen molar-refractivity contribution in [2.45, 2.75) is 45.1 Å². The van der Waals surface area contributed by atoms with E-state index in [2.05, 4.69) is 22.5 Å². The molecule has 4 nitrogen and oxygen atoms in total. The lowest BCUT2D eigenvalue weighted by Gasteiger charge is -2.13. The van der Waals surface area contributed by atoms with Crippen LogP contribution < -0.4 is 10.6 Å². The number of nitrogens with one attached hydrogen (secondary N) is 2. The predicted octanol–water partition coefficient (Wildman–Crippen LogP) is 1.96. The number of amides is 1. The van der Waals surface area contributed by atoms with Crippen LogP contribution in [0.2, 0.25) is 0 Å². The Labute approximate surface area is 111 Å². The van der Waals surface area contributed by atoms with E-state index < -0.39 is 0 Å². The van der Waals surface area contributed by atoms with Crippen LogP contribution in [0.3, 0.4) is 0 Å². The van der Waals surface area contributed by atoms with Crippen LogP contribution in [0, 0.1) is 5.92 Å². The summed E-state index contributed by atoms with van der Waals surface area (Å²) in [4.78, 5) is 18.0. The lowest BCUT2D eigenvalue weighted by Crippen LogP contribution is -2.39. The number of anilines is 1. The second-order valence-corrected chi connectivity index (χ2v) is 6.37. The molecular formula is C13H19N3OS. The van der Waals surface area contributed by atoms with Gasteiger partial charge in [0, 0.05) is 4.88 Å². The van der Waals surface area contributed by atoms with Gasteiger partial charge in [-0.25, -0.2) is 4.98 Å². The Morgan fingerprint density at radius 3 is 3.00 bits per heavy atom. The molecular weight excluding hydrogens is 246 g/mol. The van der Waals surface area contributed by atoms with Crippen molar-refractivity contribution >= 4 is 22.4 Å². The Morgan fingerprint density at radius 2 is 2.28 bits per heavy atom. The standard InChI is InChI=1S/C13H19N3OS/c1-8-6-7-14-11(8)12(17)16-13-15-9-4-2-3-5-10(9)18-13/h8,11,14H,2-7H2,1H3,(H,15,16,17). The van der Waals surface area contributed by atoms with Crippen LogP contribution in [0.4, 0.5) is 5.13 Å². The summed E-state index contributed by atoms with van der Waals surface area (Å²) in [7, 11) is 0. The monoisotopic (exact) mass is 265 g/mol. The van der Waals surface area contributed by atoms with Crippen LogP contribution in [0.5, 0.6) is 0 Å². The predicted molar refractivity (Wildman–Crippen MR) is 73.0 cm³/mol. The molecule has 0 bridgehead atoms. The Bertz CT molecular complexity index is 434. The lowest BCUT2D eigenvalue weighted by atomic mass is 10.0. The largest absolute Gasteiger partial charge is 0.306 e. The molecule has 2 heterocycles. The van der Waals surface area contributed by atoms with E-state index in [1.165, 1.54) is 23.4 Å². The number of carbonyl (C=O) groups excluding carboxylic acids is 1. The van der Waals surface area contributed by atoms with Gasteiger partial charge in [-0.05, 0) is 44.6 Å². The second kappa shape index (κ2) is 4.97. The Hall–Kier alpha value is -0.940. The first kappa shape index (κ1) is 12.1. The highest BCUT2D eigenvalue weighted by molar-refractivity contribution is 7.15. The van der Waals surface area contributed by atoms with Crippen LogP contribution in [-0.2, 0) is 17.6 Å². The third-order valence-corrected chi connectivity index (χ3v) is 4.96. The highest BCUT2D eigenvalue weighted by atomic mass is 32.1. The number of nitrogens with zero attached hydrogens (tertiary/aromatic N) is 1. The normalized spacial score (nSPS) is 26.9. The number of hydrogen-bond donors (Lipinski definition) is 2. The van der Waals surface area contributed by atoms with Gasteiger partial charge in [0.15, 0.2) is 5.13 Å². The van der Waals surface area contributed by atoms with Crippen LogP contribution in [0.1, 0.15) is 36.8 Å². The minimum atomic E-state index is -0.0501. The van der Waals surface area contributed by atoms with E-state index >= 15 is 0 Å². The molecule has 2 aliphatic rings. The number of thiazole rings is 1. The molecule has 1 aliphatic heterocycles. The molecule has 1 fully saturated rings. The van der Waals surface area contributed by atoms with Gasteiger partial charge in [-0.1, -0.05) is 6.92 Å². The fraction of sp³-hybridized carbons (Fsp3) is 0.692. The molecule has 0 spiro atoms. The average Bonchev–Trinajstić information content (AvgIpc) is 2.94. The number of carbonyl (C=O) groups is 1. The summed E-state index contributed by atoms with van der Waals surface area (Å²) in [5.74, 6) is 0.491.